The summed E-state index contributed by atoms with van der Waals surface area (Å²) in [5.74, 6) is 0.174. The molecule has 1 aliphatic heterocycles. The molecule has 0 amide bonds. The standard InChI is InChI=1S/C21H28N2OS/c1-17(24)21-13-19(16-25-21)14-23-11-6-9-20(15-23)22(2)12-10-18-7-4-3-5-8-18/h3-5,7-8,13,16,20H,6,9-12,14-15H2,1-2H3/t20-/m0/s1. The number of likely N-dealkylation sites (N-methyl/N-ethyl adjacent to an activating group) is 1. The molecule has 1 fully saturated rings. The minimum Gasteiger partial charge on any atom is -0.302 e. The van der Waals surface area contributed by atoms with Crippen LogP contribution in [-0.2, 0) is 13.0 Å². The monoisotopic (exact) mass is 356 g/mol. The van der Waals surface area contributed by atoms with E-state index in [0.29, 0.717) is 6.04 Å². The number of ketones is 1. The zero-order valence-electron chi connectivity index (χ0n) is 15.3. The Kier molecular flexibility index (Phi) is 6.40. The van der Waals surface area contributed by atoms with Crippen LogP contribution in [-0.4, -0.2) is 48.3 Å². The molecule has 1 aromatic carbocycles. The molecule has 1 aromatic heterocycles. The average Bonchev–Trinajstić information content (AvgIpc) is 3.09. The van der Waals surface area contributed by atoms with Crippen LogP contribution in [0.4, 0.5) is 0 Å². The summed E-state index contributed by atoms with van der Waals surface area (Å²) in [5, 5.41) is 2.14. The van der Waals surface area contributed by atoms with Gasteiger partial charge in [-0.25, -0.2) is 0 Å². The number of piperidine rings is 1. The van der Waals surface area contributed by atoms with Gasteiger partial charge in [-0.3, -0.25) is 9.69 Å². The van der Waals surface area contributed by atoms with Crippen molar-refractivity contribution in [2.45, 2.75) is 38.8 Å². The lowest BCUT2D eigenvalue weighted by molar-refractivity contribution is 0.102. The Morgan fingerprint density at radius 3 is 2.80 bits per heavy atom. The predicted molar refractivity (Wildman–Crippen MR) is 105 cm³/mol. The van der Waals surface area contributed by atoms with Crippen molar-refractivity contribution >= 4 is 17.1 Å². The summed E-state index contributed by atoms with van der Waals surface area (Å²) in [5.41, 5.74) is 2.69. The Hall–Kier alpha value is -1.49. The van der Waals surface area contributed by atoms with Gasteiger partial charge >= 0.3 is 0 Å². The van der Waals surface area contributed by atoms with E-state index in [9.17, 15) is 4.79 Å². The summed E-state index contributed by atoms with van der Waals surface area (Å²) in [7, 11) is 2.26. The molecular formula is C21H28N2OS. The molecular weight excluding hydrogens is 328 g/mol. The summed E-state index contributed by atoms with van der Waals surface area (Å²) in [6, 6.07) is 13.4. The molecule has 134 valence electrons. The second kappa shape index (κ2) is 8.75. The van der Waals surface area contributed by atoms with Gasteiger partial charge in [0, 0.05) is 25.7 Å². The van der Waals surface area contributed by atoms with E-state index in [1.807, 2.05) is 0 Å². The van der Waals surface area contributed by atoms with E-state index in [1.54, 1.807) is 18.3 Å². The van der Waals surface area contributed by atoms with Gasteiger partial charge in [-0.2, -0.15) is 0 Å². The minimum absolute atomic E-state index is 0.174. The number of hydrogen-bond acceptors (Lipinski definition) is 4. The third-order valence-electron chi connectivity index (χ3n) is 5.11. The van der Waals surface area contributed by atoms with Crippen LogP contribution in [0.2, 0.25) is 0 Å². The van der Waals surface area contributed by atoms with E-state index in [0.717, 1.165) is 37.5 Å². The van der Waals surface area contributed by atoms with Crippen LogP contribution in [0.5, 0.6) is 0 Å². The first-order valence-electron chi connectivity index (χ1n) is 9.16. The number of carbonyl (C=O) groups is 1. The molecule has 0 saturated carbocycles. The number of likely N-dealkylation sites (tertiary alicyclic amines) is 1. The van der Waals surface area contributed by atoms with Crippen LogP contribution >= 0.6 is 11.3 Å². The van der Waals surface area contributed by atoms with Crippen molar-refractivity contribution < 1.29 is 4.79 Å². The molecule has 0 unspecified atom stereocenters. The Bertz CT molecular complexity index is 682. The minimum atomic E-state index is 0.174. The Morgan fingerprint density at radius 2 is 2.08 bits per heavy atom. The molecule has 1 saturated heterocycles. The predicted octanol–water partition coefficient (Wildman–Crippen LogP) is 4.09. The molecule has 4 heteroatoms. The van der Waals surface area contributed by atoms with E-state index in [-0.39, 0.29) is 5.78 Å². The lowest BCUT2D eigenvalue weighted by Gasteiger charge is -2.37. The molecule has 0 radical (unpaired) electrons. The van der Waals surface area contributed by atoms with Gasteiger partial charge in [0.25, 0.3) is 0 Å². The van der Waals surface area contributed by atoms with Crippen molar-refractivity contribution in [1.29, 1.82) is 0 Å². The number of thiophene rings is 1. The average molecular weight is 357 g/mol. The second-order valence-electron chi connectivity index (χ2n) is 7.12. The summed E-state index contributed by atoms with van der Waals surface area (Å²) in [4.78, 5) is 17.4. The van der Waals surface area contributed by atoms with E-state index < -0.39 is 0 Å². The van der Waals surface area contributed by atoms with Gasteiger partial charge in [0.1, 0.15) is 0 Å². The molecule has 1 atom stereocenters. The number of nitrogens with zero attached hydrogens (tertiary/aromatic N) is 2. The van der Waals surface area contributed by atoms with E-state index in [1.165, 1.54) is 24.0 Å². The zero-order valence-corrected chi connectivity index (χ0v) is 16.1. The number of hydrogen-bond donors (Lipinski definition) is 0. The van der Waals surface area contributed by atoms with E-state index in [2.05, 4.69) is 58.6 Å². The first-order valence-corrected chi connectivity index (χ1v) is 10.0. The fraction of sp³-hybridized carbons (Fsp3) is 0.476. The van der Waals surface area contributed by atoms with Crippen molar-refractivity contribution in [3.8, 4) is 0 Å². The number of Topliss-reactive ketones (excluding diaryl/α,β-unsaturated/α-hetero) is 1. The maximum atomic E-state index is 11.5. The fourth-order valence-electron chi connectivity index (χ4n) is 3.57. The van der Waals surface area contributed by atoms with Gasteiger partial charge in [-0.1, -0.05) is 30.3 Å². The molecule has 3 nitrogen and oxygen atoms in total. The molecule has 2 heterocycles. The van der Waals surface area contributed by atoms with Gasteiger partial charge in [-0.05, 0) is 62.4 Å². The molecule has 0 bridgehead atoms. The number of benzene rings is 1. The summed E-state index contributed by atoms with van der Waals surface area (Å²) < 4.78 is 0. The van der Waals surface area contributed by atoms with Crippen molar-refractivity contribution in [3.05, 3.63) is 57.8 Å². The number of rotatable bonds is 7. The van der Waals surface area contributed by atoms with Gasteiger partial charge in [0.15, 0.2) is 5.78 Å². The number of carbonyl (C=O) groups excluding carboxylic acids is 1. The van der Waals surface area contributed by atoms with Crippen LogP contribution in [0.25, 0.3) is 0 Å². The van der Waals surface area contributed by atoms with E-state index >= 15 is 0 Å². The summed E-state index contributed by atoms with van der Waals surface area (Å²) in [6.45, 7) is 6.00. The maximum Gasteiger partial charge on any atom is 0.169 e. The van der Waals surface area contributed by atoms with Crippen LogP contribution in [0, 0.1) is 0 Å². The fourth-order valence-corrected chi connectivity index (χ4v) is 4.37. The van der Waals surface area contributed by atoms with Gasteiger partial charge < -0.3 is 4.90 Å². The maximum absolute atomic E-state index is 11.5. The Balaban J connectivity index is 1.50. The Morgan fingerprint density at radius 1 is 1.28 bits per heavy atom. The highest BCUT2D eigenvalue weighted by molar-refractivity contribution is 7.12. The molecule has 25 heavy (non-hydrogen) atoms. The van der Waals surface area contributed by atoms with Crippen molar-refractivity contribution in [3.63, 3.8) is 0 Å². The highest BCUT2D eigenvalue weighted by atomic mass is 32.1. The lowest BCUT2D eigenvalue weighted by atomic mass is 10.0. The molecule has 3 rings (SSSR count). The second-order valence-corrected chi connectivity index (χ2v) is 8.03. The highest BCUT2D eigenvalue weighted by Crippen LogP contribution is 2.21. The smallest absolute Gasteiger partial charge is 0.169 e. The summed E-state index contributed by atoms with van der Waals surface area (Å²) in [6.07, 6.45) is 3.65. The highest BCUT2D eigenvalue weighted by Gasteiger charge is 2.23. The molecule has 2 aromatic rings. The first kappa shape index (κ1) is 18.3. The quantitative estimate of drug-likeness (QED) is 0.698. The lowest BCUT2D eigenvalue weighted by Crippen LogP contribution is -2.46. The Labute approximate surface area is 155 Å². The van der Waals surface area contributed by atoms with Gasteiger partial charge in [-0.15, -0.1) is 11.3 Å². The van der Waals surface area contributed by atoms with Crippen molar-refractivity contribution in [1.82, 2.24) is 9.80 Å². The van der Waals surface area contributed by atoms with Crippen LogP contribution in [0.3, 0.4) is 0 Å². The van der Waals surface area contributed by atoms with Gasteiger partial charge in [0.2, 0.25) is 0 Å². The van der Waals surface area contributed by atoms with Crippen LogP contribution in [0.15, 0.2) is 41.8 Å². The first-order chi connectivity index (χ1) is 12.1. The molecule has 0 aliphatic carbocycles. The molecule has 0 N–H and O–H groups in total. The molecule has 0 spiro atoms. The van der Waals surface area contributed by atoms with Crippen LogP contribution in [0.1, 0.15) is 40.6 Å². The topological polar surface area (TPSA) is 23.6 Å². The van der Waals surface area contributed by atoms with Crippen molar-refractivity contribution in [2.24, 2.45) is 0 Å². The van der Waals surface area contributed by atoms with Crippen LogP contribution < -0.4 is 0 Å². The van der Waals surface area contributed by atoms with Crippen molar-refractivity contribution in [2.75, 3.05) is 26.7 Å². The largest absolute Gasteiger partial charge is 0.302 e. The third kappa shape index (κ3) is 5.24. The van der Waals surface area contributed by atoms with E-state index in [4.69, 9.17) is 0 Å². The molecule has 1 aliphatic rings. The normalized spacial score (nSPS) is 18.6. The third-order valence-corrected chi connectivity index (χ3v) is 6.19. The SMILES string of the molecule is CC(=O)c1cc(CN2CCC[C@H](N(C)CCc3ccccc3)C2)cs1. The zero-order chi connectivity index (χ0) is 17.6. The summed E-state index contributed by atoms with van der Waals surface area (Å²) >= 11 is 1.57. The van der Waals surface area contributed by atoms with Gasteiger partial charge in [0.05, 0.1) is 4.88 Å².